The fourth-order valence-electron chi connectivity index (χ4n) is 2.63. The lowest BCUT2D eigenvalue weighted by molar-refractivity contribution is -0.128. The molecule has 7 nitrogen and oxygen atoms in total. The molecular formula is C16H34IN5O2. The van der Waals surface area contributed by atoms with E-state index in [-0.39, 0.29) is 29.9 Å². The number of nitrogens with zero attached hydrogens (tertiary/aromatic N) is 2. The number of ether oxygens (including phenoxy) is 1. The molecule has 0 aromatic rings. The van der Waals surface area contributed by atoms with Crippen LogP contribution in [-0.2, 0) is 9.53 Å². The van der Waals surface area contributed by atoms with Gasteiger partial charge < -0.3 is 25.6 Å². The minimum Gasteiger partial charge on any atom is -0.383 e. The van der Waals surface area contributed by atoms with Gasteiger partial charge in [0.2, 0.25) is 5.91 Å². The fraction of sp³-hybridized carbons (Fsp3) is 0.875. The molecule has 0 radical (unpaired) electrons. The van der Waals surface area contributed by atoms with Gasteiger partial charge in [-0.25, -0.2) is 0 Å². The second kappa shape index (κ2) is 11.9. The monoisotopic (exact) mass is 455 g/mol. The van der Waals surface area contributed by atoms with Gasteiger partial charge >= 0.3 is 0 Å². The molecule has 0 aromatic carbocycles. The van der Waals surface area contributed by atoms with Crippen molar-refractivity contribution in [2.24, 2.45) is 10.4 Å². The third kappa shape index (κ3) is 7.98. The average molecular weight is 455 g/mol. The van der Waals surface area contributed by atoms with Crippen molar-refractivity contribution in [3.05, 3.63) is 0 Å². The van der Waals surface area contributed by atoms with Gasteiger partial charge in [0.25, 0.3) is 0 Å². The predicted octanol–water partition coefficient (Wildman–Crippen LogP) is 0.652. The first-order valence-electron chi connectivity index (χ1n) is 8.33. The molecule has 0 atom stereocenters. The summed E-state index contributed by atoms with van der Waals surface area (Å²) in [5.41, 5.74) is -0.476. The highest BCUT2D eigenvalue weighted by atomic mass is 127. The number of carbonyl (C=O) groups excluding carboxylic acids is 1. The molecule has 142 valence electrons. The Bertz CT molecular complexity index is 396. The smallest absolute Gasteiger partial charge is 0.227 e. The normalized spacial score (nSPS) is 17.1. The summed E-state index contributed by atoms with van der Waals surface area (Å²) in [5.74, 6) is 0.782. The van der Waals surface area contributed by atoms with E-state index in [9.17, 15) is 4.79 Å². The van der Waals surface area contributed by atoms with Crippen LogP contribution in [0.3, 0.4) is 0 Å². The molecule has 0 aromatic heterocycles. The summed E-state index contributed by atoms with van der Waals surface area (Å²) >= 11 is 0. The van der Waals surface area contributed by atoms with Crippen molar-refractivity contribution < 1.29 is 9.53 Å². The van der Waals surface area contributed by atoms with Gasteiger partial charge in [-0.3, -0.25) is 9.79 Å². The maximum absolute atomic E-state index is 11.8. The van der Waals surface area contributed by atoms with Gasteiger partial charge in [0.15, 0.2) is 5.96 Å². The minimum absolute atomic E-state index is 0. The number of nitrogens with one attached hydrogen (secondary N) is 3. The quantitative estimate of drug-likeness (QED) is 0.299. The summed E-state index contributed by atoms with van der Waals surface area (Å²) in [5, 5.41) is 9.42. The molecule has 0 spiro atoms. The Hall–Kier alpha value is -0.610. The highest BCUT2D eigenvalue weighted by molar-refractivity contribution is 14.0. The Morgan fingerprint density at radius 2 is 1.96 bits per heavy atom. The topological polar surface area (TPSA) is 78.0 Å². The van der Waals surface area contributed by atoms with Gasteiger partial charge in [-0.1, -0.05) is 0 Å². The van der Waals surface area contributed by atoms with Crippen molar-refractivity contribution in [2.45, 2.75) is 32.7 Å². The summed E-state index contributed by atoms with van der Waals surface area (Å²) in [6.07, 6.45) is 2.17. The third-order valence-corrected chi connectivity index (χ3v) is 4.30. The highest BCUT2D eigenvalue weighted by Gasteiger charge is 2.27. The van der Waals surface area contributed by atoms with Crippen molar-refractivity contribution in [2.75, 3.05) is 54.0 Å². The Morgan fingerprint density at radius 1 is 1.33 bits per heavy atom. The van der Waals surface area contributed by atoms with Crippen molar-refractivity contribution in [1.82, 2.24) is 20.9 Å². The maximum Gasteiger partial charge on any atom is 0.227 e. The Kier molecular flexibility index (Phi) is 11.6. The van der Waals surface area contributed by atoms with Crippen LogP contribution in [0.25, 0.3) is 0 Å². The Morgan fingerprint density at radius 3 is 2.46 bits per heavy atom. The zero-order valence-electron chi connectivity index (χ0n) is 15.6. The molecular weight excluding hydrogens is 421 g/mol. The summed E-state index contributed by atoms with van der Waals surface area (Å²) in [6.45, 7) is 8.30. The summed E-state index contributed by atoms with van der Waals surface area (Å²) in [7, 11) is 5.16. The summed E-state index contributed by atoms with van der Waals surface area (Å²) in [4.78, 5) is 18.5. The number of hydrogen-bond acceptors (Lipinski definition) is 4. The SMILES string of the molecule is CN=C(NCC(C)(C)C(=O)NC)NC1CCN(CCOC)CC1.I. The first-order chi connectivity index (χ1) is 10.9. The second-order valence-electron chi connectivity index (χ2n) is 6.64. The number of methoxy groups -OCH3 is 1. The average Bonchev–Trinajstić information content (AvgIpc) is 2.56. The van der Waals surface area contributed by atoms with E-state index in [1.165, 1.54) is 0 Å². The van der Waals surface area contributed by atoms with Crippen LogP contribution in [0.4, 0.5) is 0 Å². The van der Waals surface area contributed by atoms with Gasteiger partial charge in [-0.05, 0) is 26.7 Å². The van der Waals surface area contributed by atoms with Crippen molar-refractivity contribution in [3.63, 3.8) is 0 Å². The largest absolute Gasteiger partial charge is 0.383 e. The van der Waals surface area contributed by atoms with E-state index in [1.54, 1.807) is 21.2 Å². The first-order valence-corrected chi connectivity index (χ1v) is 8.33. The van der Waals surface area contributed by atoms with Crippen LogP contribution < -0.4 is 16.0 Å². The number of piperidine rings is 1. The maximum atomic E-state index is 11.8. The zero-order valence-corrected chi connectivity index (χ0v) is 18.0. The van der Waals surface area contributed by atoms with Crippen LogP contribution in [0.5, 0.6) is 0 Å². The predicted molar refractivity (Wildman–Crippen MR) is 109 cm³/mol. The van der Waals surface area contributed by atoms with Gasteiger partial charge in [0.05, 0.1) is 12.0 Å². The molecule has 1 aliphatic rings. The van der Waals surface area contributed by atoms with E-state index < -0.39 is 5.41 Å². The molecule has 1 fully saturated rings. The van der Waals surface area contributed by atoms with Crippen LogP contribution in [0.2, 0.25) is 0 Å². The lowest BCUT2D eigenvalue weighted by Gasteiger charge is -2.33. The molecule has 0 saturated carbocycles. The fourth-order valence-corrected chi connectivity index (χ4v) is 2.63. The molecule has 8 heteroatoms. The van der Waals surface area contributed by atoms with Gasteiger partial charge in [-0.2, -0.15) is 0 Å². The molecule has 0 unspecified atom stereocenters. The van der Waals surface area contributed by atoms with Crippen LogP contribution >= 0.6 is 24.0 Å². The highest BCUT2D eigenvalue weighted by Crippen LogP contribution is 2.13. The van der Waals surface area contributed by atoms with Crippen LogP contribution in [-0.4, -0.2) is 76.8 Å². The first kappa shape index (κ1) is 23.4. The molecule has 0 bridgehead atoms. The summed E-state index contributed by atoms with van der Waals surface area (Å²) < 4.78 is 5.13. The number of rotatable bonds is 7. The second-order valence-corrected chi connectivity index (χ2v) is 6.64. The number of amides is 1. The van der Waals surface area contributed by atoms with E-state index in [0.717, 1.165) is 45.0 Å². The molecule has 1 rings (SSSR count). The Labute approximate surface area is 163 Å². The van der Waals surface area contributed by atoms with Crippen LogP contribution in [0.1, 0.15) is 26.7 Å². The lowest BCUT2D eigenvalue weighted by Crippen LogP contribution is -2.52. The number of hydrogen-bond donors (Lipinski definition) is 3. The van der Waals surface area contributed by atoms with Crippen molar-refractivity contribution >= 4 is 35.8 Å². The van der Waals surface area contributed by atoms with E-state index in [2.05, 4.69) is 25.8 Å². The standard InChI is InChI=1S/C16H33N5O2.HI/c1-16(2,14(22)17-3)12-19-15(18-4)20-13-6-8-21(9-7-13)10-11-23-5;/h13H,6-12H2,1-5H3,(H,17,22)(H2,18,19,20);1H. The molecule has 1 saturated heterocycles. The molecule has 3 N–H and O–H groups in total. The zero-order chi connectivity index (χ0) is 17.3. The lowest BCUT2D eigenvalue weighted by atomic mass is 9.92. The number of carbonyl (C=O) groups is 1. The van der Waals surface area contributed by atoms with E-state index in [4.69, 9.17) is 4.74 Å². The van der Waals surface area contributed by atoms with Gasteiger partial charge in [0, 0.05) is 53.4 Å². The van der Waals surface area contributed by atoms with Crippen molar-refractivity contribution in [3.8, 4) is 0 Å². The number of aliphatic imine (C=N–C) groups is 1. The van der Waals surface area contributed by atoms with Crippen LogP contribution in [0.15, 0.2) is 4.99 Å². The number of halogens is 1. The number of guanidine groups is 1. The summed E-state index contributed by atoms with van der Waals surface area (Å²) in [6, 6.07) is 0.420. The van der Waals surface area contributed by atoms with Crippen molar-refractivity contribution in [1.29, 1.82) is 0 Å². The van der Waals surface area contributed by atoms with Gasteiger partial charge in [-0.15, -0.1) is 24.0 Å². The molecule has 1 aliphatic heterocycles. The van der Waals surface area contributed by atoms with Crippen LogP contribution in [0, 0.1) is 5.41 Å². The minimum atomic E-state index is -0.476. The molecule has 1 heterocycles. The van der Waals surface area contributed by atoms with E-state index in [1.807, 2.05) is 13.8 Å². The third-order valence-electron chi connectivity index (χ3n) is 4.30. The van der Waals surface area contributed by atoms with E-state index >= 15 is 0 Å². The number of likely N-dealkylation sites (tertiary alicyclic amines) is 1. The molecule has 1 amide bonds. The Balaban J connectivity index is 0.00000529. The van der Waals surface area contributed by atoms with E-state index in [0.29, 0.717) is 12.6 Å². The molecule has 0 aliphatic carbocycles. The molecule has 24 heavy (non-hydrogen) atoms. The van der Waals surface area contributed by atoms with Gasteiger partial charge in [0.1, 0.15) is 0 Å².